The smallest absolute Gasteiger partial charge is 0.411 e. The summed E-state index contributed by atoms with van der Waals surface area (Å²) >= 11 is 0. The SMILES string of the molecule is CO[Si@](C)(O)O[Si](C)(C)O. The van der Waals surface area contributed by atoms with Crippen LogP contribution >= 0.6 is 0 Å². The molecule has 0 aliphatic carbocycles. The quantitative estimate of drug-likeness (QED) is 0.599. The molecule has 0 aliphatic heterocycles. The van der Waals surface area contributed by atoms with Crippen LogP contribution in [0.4, 0.5) is 0 Å². The van der Waals surface area contributed by atoms with Crippen LogP contribution in [0.5, 0.6) is 0 Å². The van der Waals surface area contributed by atoms with Gasteiger partial charge in [0.25, 0.3) is 0 Å². The highest BCUT2D eigenvalue weighted by Crippen LogP contribution is 2.08. The minimum Gasteiger partial charge on any atom is -0.411 e. The molecule has 62 valence electrons. The molecule has 0 amide bonds. The lowest BCUT2D eigenvalue weighted by Gasteiger charge is -2.24. The second-order valence-corrected chi connectivity index (χ2v) is 8.56. The van der Waals surface area contributed by atoms with E-state index in [-0.39, 0.29) is 0 Å². The van der Waals surface area contributed by atoms with Crippen LogP contribution in [0.3, 0.4) is 0 Å². The Hall–Kier alpha value is 0.274. The predicted octanol–water partition coefficient (Wildman–Crippen LogP) is -0.0955. The van der Waals surface area contributed by atoms with Crippen molar-refractivity contribution in [3.63, 3.8) is 0 Å². The zero-order valence-electron chi connectivity index (χ0n) is 6.71. The molecule has 0 aromatic carbocycles. The molecular formula is C4H14O4Si2. The summed E-state index contributed by atoms with van der Waals surface area (Å²) in [5.74, 6) is 0. The zero-order chi connectivity index (χ0) is 8.41. The van der Waals surface area contributed by atoms with E-state index in [4.69, 9.17) is 4.12 Å². The van der Waals surface area contributed by atoms with Crippen LogP contribution in [-0.4, -0.2) is 34.1 Å². The molecule has 4 nitrogen and oxygen atoms in total. The van der Waals surface area contributed by atoms with E-state index in [9.17, 15) is 9.59 Å². The van der Waals surface area contributed by atoms with Gasteiger partial charge in [0, 0.05) is 13.7 Å². The molecule has 0 heterocycles. The third-order valence-corrected chi connectivity index (χ3v) is 5.09. The van der Waals surface area contributed by atoms with Crippen molar-refractivity contribution in [2.75, 3.05) is 7.11 Å². The molecule has 0 spiro atoms. The molecule has 0 saturated heterocycles. The van der Waals surface area contributed by atoms with Gasteiger partial charge < -0.3 is 18.1 Å². The summed E-state index contributed by atoms with van der Waals surface area (Å²) in [6.45, 7) is 4.62. The molecule has 0 radical (unpaired) electrons. The summed E-state index contributed by atoms with van der Waals surface area (Å²) in [7, 11) is -4.26. The Balaban J connectivity index is 3.89. The average molecular weight is 182 g/mol. The predicted molar refractivity (Wildman–Crippen MR) is 41.6 cm³/mol. The number of hydrogen-bond donors (Lipinski definition) is 2. The molecule has 10 heavy (non-hydrogen) atoms. The van der Waals surface area contributed by atoms with Gasteiger partial charge in [-0.3, -0.25) is 0 Å². The van der Waals surface area contributed by atoms with E-state index in [0.29, 0.717) is 0 Å². The summed E-state index contributed by atoms with van der Waals surface area (Å²) in [5, 5.41) is 0. The van der Waals surface area contributed by atoms with Crippen molar-refractivity contribution in [1.82, 2.24) is 0 Å². The van der Waals surface area contributed by atoms with E-state index in [0.717, 1.165) is 0 Å². The van der Waals surface area contributed by atoms with Crippen molar-refractivity contribution in [1.29, 1.82) is 0 Å². The molecular weight excluding hydrogens is 168 g/mol. The summed E-state index contributed by atoms with van der Waals surface area (Å²) in [5.41, 5.74) is 0. The molecule has 0 unspecified atom stereocenters. The van der Waals surface area contributed by atoms with Gasteiger partial charge in [-0.1, -0.05) is 0 Å². The fraction of sp³-hybridized carbons (Fsp3) is 1.00. The molecule has 0 aliphatic rings. The lowest BCUT2D eigenvalue weighted by atomic mass is 11.8. The summed E-state index contributed by atoms with van der Waals surface area (Å²) in [4.78, 5) is 18.4. The Morgan fingerprint density at radius 2 is 1.50 bits per heavy atom. The van der Waals surface area contributed by atoms with Gasteiger partial charge in [-0.2, -0.15) is 0 Å². The molecule has 2 N–H and O–H groups in total. The van der Waals surface area contributed by atoms with E-state index in [1.807, 2.05) is 0 Å². The zero-order valence-corrected chi connectivity index (χ0v) is 8.71. The first-order valence-electron chi connectivity index (χ1n) is 2.97. The largest absolute Gasteiger partial charge is 0.485 e. The van der Waals surface area contributed by atoms with E-state index < -0.39 is 17.4 Å². The topological polar surface area (TPSA) is 58.9 Å². The maximum Gasteiger partial charge on any atom is 0.485 e. The Kier molecular flexibility index (Phi) is 3.20. The van der Waals surface area contributed by atoms with Crippen molar-refractivity contribution >= 4 is 17.4 Å². The van der Waals surface area contributed by atoms with Crippen LogP contribution in [0.2, 0.25) is 19.6 Å². The number of hydrogen-bond acceptors (Lipinski definition) is 4. The molecule has 0 fully saturated rings. The summed E-state index contributed by atoms with van der Waals surface area (Å²) < 4.78 is 9.60. The van der Waals surface area contributed by atoms with Gasteiger partial charge in [-0.25, -0.2) is 0 Å². The van der Waals surface area contributed by atoms with Crippen LogP contribution in [0, 0.1) is 0 Å². The van der Waals surface area contributed by atoms with Crippen LogP contribution in [-0.2, 0) is 8.54 Å². The van der Waals surface area contributed by atoms with Crippen molar-refractivity contribution in [2.24, 2.45) is 0 Å². The summed E-state index contributed by atoms with van der Waals surface area (Å²) in [6, 6.07) is 0. The van der Waals surface area contributed by atoms with E-state index >= 15 is 0 Å². The Bertz CT molecular complexity index is 108. The highest BCUT2D eigenvalue weighted by molar-refractivity contribution is 6.75. The maximum atomic E-state index is 9.23. The van der Waals surface area contributed by atoms with Crippen molar-refractivity contribution in [3.8, 4) is 0 Å². The highest BCUT2D eigenvalue weighted by atomic mass is 28.5. The fourth-order valence-corrected chi connectivity index (χ4v) is 4.55. The average Bonchev–Trinajstić information content (AvgIpc) is 1.60. The first-order valence-corrected chi connectivity index (χ1v) is 8.09. The summed E-state index contributed by atoms with van der Waals surface area (Å²) in [6.07, 6.45) is 0. The maximum absolute atomic E-state index is 9.23. The highest BCUT2D eigenvalue weighted by Gasteiger charge is 2.36. The van der Waals surface area contributed by atoms with Crippen molar-refractivity contribution < 1.29 is 18.1 Å². The third kappa shape index (κ3) is 5.09. The van der Waals surface area contributed by atoms with E-state index in [2.05, 4.69) is 4.43 Å². The minimum absolute atomic E-state index is 1.37. The van der Waals surface area contributed by atoms with Gasteiger partial charge in [-0.15, -0.1) is 0 Å². The van der Waals surface area contributed by atoms with Gasteiger partial charge in [0.05, 0.1) is 0 Å². The second-order valence-electron chi connectivity index (χ2n) is 2.65. The Morgan fingerprint density at radius 1 is 1.10 bits per heavy atom. The fourth-order valence-electron chi connectivity index (χ4n) is 0.505. The molecule has 0 aromatic rings. The second kappa shape index (κ2) is 3.12. The van der Waals surface area contributed by atoms with Crippen LogP contribution < -0.4 is 0 Å². The van der Waals surface area contributed by atoms with Crippen LogP contribution in [0.1, 0.15) is 0 Å². The Labute approximate surface area is 63.0 Å². The van der Waals surface area contributed by atoms with Gasteiger partial charge in [0.15, 0.2) is 0 Å². The minimum atomic E-state index is -3.00. The normalized spacial score (nSPS) is 18.6. The van der Waals surface area contributed by atoms with Crippen LogP contribution in [0.25, 0.3) is 0 Å². The standard InChI is InChI=1S/C4H14O4Si2/c1-7-10(4,6)8-9(2,3)5/h5-6H,1-4H3/t10-/m0/s1. The van der Waals surface area contributed by atoms with Gasteiger partial charge in [-0.05, 0) is 13.1 Å². The van der Waals surface area contributed by atoms with Crippen molar-refractivity contribution in [3.05, 3.63) is 0 Å². The Morgan fingerprint density at radius 3 is 1.60 bits per heavy atom. The third-order valence-electron chi connectivity index (χ3n) is 0.818. The first-order chi connectivity index (χ1) is 4.27. The lowest BCUT2D eigenvalue weighted by molar-refractivity contribution is 0.183. The monoisotopic (exact) mass is 182 g/mol. The van der Waals surface area contributed by atoms with Gasteiger partial charge in [0.1, 0.15) is 0 Å². The van der Waals surface area contributed by atoms with E-state index in [1.54, 1.807) is 13.1 Å². The van der Waals surface area contributed by atoms with Gasteiger partial charge in [0.2, 0.25) is 0 Å². The van der Waals surface area contributed by atoms with Crippen LogP contribution in [0.15, 0.2) is 0 Å². The van der Waals surface area contributed by atoms with E-state index in [1.165, 1.54) is 13.7 Å². The lowest BCUT2D eigenvalue weighted by Crippen LogP contribution is -2.48. The molecule has 6 heteroatoms. The van der Waals surface area contributed by atoms with Crippen molar-refractivity contribution in [2.45, 2.75) is 19.6 Å². The molecule has 1 atom stereocenters. The molecule has 0 rings (SSSR count). The van der Waals surface area contributed by atoms with Gasteiger partial charge >= 0.3 is 17.4 Å². The number of rotatable bonds is 3. The first kappa shape index (κ1) is 10.3. The molecule has 0 saturated carbocycles. The molecule has 0 aromatic heterocycles. The molecule has 0 bridgehead atoms.